The van der Waals surface area contributed by atoms with Crippen molar-refractivity contribution in [2.75, 3.05) is 6.61 Å². The van der Waals surface area contributed by atoms with Crippen molar-refractivity contribution in [1.29, 1.82) is 0 Å². The van der Waals surface area contributed by atoms with Crippen LogP contribution in [0.3, 0.4) is 0 Å². The highest BCUT2D eigenvalue weighted by atomic mass is 35.5. The van der Waals surface area contributed by atoms with E-state index in [0.29, 0.717) is 12.4 Å². The first kappa shape index (κ1) is 13.0. The maximum absolute atomic E-state index is 12.0. The monoisotopic (exact) mass is 254 g/mol. The van der Waals surface area contributed by atoms with Crippen molar-refractivity contribution < 1.29 is 22.6 Å². The maximum atomic E-state index is 12.0. The lowest BCUT2D eigenvalue weighted by molar-refractivity contribution is -0.274. The SMILES string of the molecule is CCOc1ccc(OC(F)(F)F)c(CCl)c1. The summed E-state index contributed by atoms with van der Waals surface area (Å²) in [7, 11) is 0. The van der Waals surface area contributed by atoms with Crippen LogP contribution in [0.1, 0.15) is 12.5 Å². The molecule has 0 saturated carbocycles. The summed E-state index contributed by atoms with van der Waals surface area (Å²) in [6, 6.07) is 4.02. The number of hydrogen-bond donors (Lipinski definition) is 0. The van der Waals surface area contributed by atoms with Crippen molar-refractivity contribution in [3.8, 4) is 11.5 Å². The van der Waals surface area contributed by atoms with Crippen LogP contribution in [0.4, 0.5) is 13.2 Å². The molecule has 0 amide bonds. The Bertz CT molecular complexity index is 352. The average molecular weight is 255 g/mol. The molecule has 1 aromatic rings. The zero-order valence-electron chi connectivity index (χ0n) is 8.47. The van der Waals surface area contributed by atoms with Crippen LogP contribution in [0.15, 0.2) is 18.2 Å². The number of benzene rings is 1. The van der Waals surface area contributed by atoms with E-state index in [9.17, 15) is 13.2 Å². The molecule has 2 nitrogen and oxygen atoms in total. The number of alkyl halides is 4. The Morgan fingerprint density at radius 3 is 2.50 bits per heavy atom. The molecule has 0 saturated heterocycles. The summed E-state index contributed by atoms with van der Waals surface area (Å²) >= 11 is 5.53. The normalized spacial score (nSPS) is 11.3. The average Bonchev–Trinajstić information content (AvgIpc) is 2.18. The molecule has 0 aliphatic heterocycles. The van der Waals surface area contributed by atoms with Crippen LogP contribution in [-0.2, 0) is 5.88 Å². The molecule has 0 spiro atoms. The summed E-state index contributed by atoms with van der Waals surface area (Å²) in [6.45, 7) is 2.21. The Kier molecular flexibility index (Phi) is 4.29. The first-order chi connectivity index (χ1) is 7.46. The molecular weight excluding hydrogens is 245 g/mol. The fourth-order valence-electron chi connectivity index (χ4n) is 1.14. The molecule has 0 heterocycles. The summed E-state index contributed by atoms with van der Waals surface area (Å²) in [5.41, 5.74) is 0.241. The third-order valence-electron chi connectivity index (χ3n) is 1.71. The largest absolute Gasteiger partial charge is 0.573 e. The lowest BCUT2D eigenvalue weighted by Gasteiger charge is -2.13. The van der Waals surface area contributed by atoms with Crippen LogP contribution in [0, 0.1) is 0 Å². The Hall–Kier alpha value is -1.10. The molecule has 0 radical (unpaired) electrons. The molecule has 6 heteroatoms. The fourth-order valence-corrected chi connectivity index (χ4v) is 1.35. The van der Waals surface area contributed by atoms with E-state index in [1.165, 1.54) is 18.2 Å². The van der Waals surface area contributed by atoms with Crippen LogP contribution in [-0.4, -0.2) is 13.0 Å². The second-order valence-electron chi connectivity index (χ2n) is 2.88. The van der Waals surface area contributed by atoms with Crippen molar-refractivity contribution >= 4 is 11.6 Å². The summed E-state index contributed by atoms with van der Waals surface area (Å²) in [5, 5.41) is 0. The number of ether oxygens (including phenoxy) is 2. The highest BCUT2D eigenvalue weighted by Gasteiger charge is 2.32. The quantitative estimate of drug-likeness (QED) is 0.763. The number of halogens is 4. The Morgan fingerprint density at radius 1 is 1.31 bits per heavy atom. The zero-order chi connectivity index (χ0) is 12.2. The summed E-state index contributed by atoms with van der Waals surface area (Å²) in [5.74, 6) is 0.0883. The minimum atomic E-state index is -4.71. The van der Waals surface area contributed by atoms with E-state index in [2.05, 4.69) is 4.74 Å². The van der Waals surface area contributed by atoms with Gasteiger partial charge in [0.1, 0.15) is 11.5 Å². The molecule has 0 aromatic heterocycles. The van der Waals surface area contributed by atoms with E-state index >= 15 is 0 Å². The van der Waals surface area contributed by atoms with Gasteiger partial charge in [-0.3, -0.25) is 0 Å². The fraction of sp³-hybridized carbons (Fsp3) is 0.400. The van der Waals surface area contributed by atoms with E-state index in [1.807, 2.05) is 0 Å². The van der Waals surface area contributed by atoms with E-state index in [4.69, 9.17) is 16.3 Å². The first-order valence-electron chi connectivity index (χ1n) is 4.53. The summed E-state index contributed by atoms with van der Waals surface area (Å²) in [6.07, 6.45) is -4.71. The third-order valence-corrected chi connectivity index (χ3v) is 2.00. The van der Waals surface area contributed by atoms with Gasteiger partial charge in [-0.05, 0) is 25.1 Å². The van der Waals surface area contributed by atoms with Crippen LogP contribution in [0.5, 0.6) is 11.5 Å². The van der Waals surface area contributed by atoms with Crippen LogP contribution >= 0.6 is 11.6 Å². The topological polar surface area (TPSA) is 18.5 Å². The number of hydrogen-bond acceptors (Lipinski definition) is 2. The van der Waals surface area contributed by atoms with Gasteiger partial charge >= 0.3 is 6.36 Å². The molecule has 0 aliphatic carbocycles. The molecule has 1 rings (SSSR count). The smallest absolute Gasteiger partial charge is 0.494 e. The van der Waals surface area contributed by atoms with Gasteiger partial charge in [-0.1, -0.05) is 0 Å². The molecule has 90 valence electrons. The van der Waals surface area contributed by atoms with Crippen LogP contribution < -0.4 is 9.47 Å². The molecular formula is C10H10ClF3O2. The van der Waals surface area contributed by atoms with Gasteiger partial charge in [0.15, 0.2) is 0 Å². The molecule has 0 bridgehead atoms. The van der Waals surface area contributed by atoms with Gasteiger partial charge in [0.2, 0.25) is 0 Å². The molecule has 0 N–H and O–H groups in total. The Labute approximate surface area is 95.9 Å². The van der Waals surface area contributed by atoms with Crippen LogP contribution in [0.25, 0.3) is 0 Å². The Morgan fingerprint density at radius 2 is 2.00 bits per heavy atom. The third kappa shape index (κ3) is 3.81. The van der Waals surface area contributed by atoms with Crippen molar-refractivity contribution in [3.05, 3.63) is 23.8 Å². The second-order valence-corrected chi connectivity index (χ2v) is 3.15. The predicted octanol–water partition coefficient (Wildman–Crippen LogP) is 3.72. The minimum absolute atomic E-state index is 0.0771. The molecule has 0 fully saturated rings. The maximum Gasteiger partial charge on any atom is 0.573 e. The van der Waals surface area contributed by atoms with E-state index in [-0.39, 0.29) is 17.2 Å². The van der Waals surface area contributed by atoms with Gasteiger partial charge in [0, 0.05) is 5.56 Å². The van der Waals surface area contributed by atoms with Gasteiger partial charge in [-0.15, -0.1) is 24.8 Å². The Balaban J connectivity index is 2.93. The van der Waals surface area contributed by atoms with E-state index in [0.717, 1.165) is 0 Å². The lowest BCUT2D eigenvalue weighted by Crippen LogP contribution is -2.18. The van der Waals surface area contributed by atoms with Gasteiger partial charge < -0.3 is 9.47 Å². The van der Waals surface area contributed by atoms with Gasteiger partial charge in [-0.25, -0.2) is 0 Å². The van der Waals surface area contributed by atoms with Gasteiger partial charge in [-0.2, -0.15) is 0 Å². The van der Waals surface area contributed by atoms with Crippen molar-refractivity contribution in [1.82, 2.24) is 0 Å². The standard InChI is InChI=1S/C10H10ClF3O2/c1-2-15-8-3-4-9(7(5-8)6-11)16-10(12,13)14/h3-5H,2,6H2,1H3. The predicted molar refractivity (Wildman–Crippen MR) is 53.9 cm³/mol. The van der Waals surface area contributed by atoms with Crippen molar-refractivity contribution in [2.45, 2.75) is 19.2 Å². The summed E-state index contributed by atoms with van der Waals surface area (Å²) in [4.78, 5) is 0. The second kappa shape index (κ2) is 5.30. The molecule has 1 aromatic carbocycles. The van der Waals surface area contributed by atoms with E-state index < -0.39 is 6.36 Å². The van der Waals surface area contributed by atoms with Crippen molar-refractivity contribution in [3.63, 3.8) is 0 Å². The molecule has 0 atom stereocenters. The highest BCUT2D eigenvalue weighted by molar-refractivity contribution is 6.17. The van der Waals surface area contributed by atoms with Gasteiger partial charge in [0.25, 0.3) is 0 Å². The minimum Gasteiger partial charge on any atom is -0.494 e. The van der Waals surface area contributed by atoms with Gasteiger partial charge in [0.05, 0.1) is 12.5 Å². The summed E-state index contributed by atoms with van der Waals surface area (Å²) < 4.78 is 45.0. The molecule has 0 aliphatic rings. The highest BCUT2D eigenvalue weighted by Crippen LogP contribution is 2.30. The lowest BCUT2D eigenvalue weighted by atomic mass is 10.2. The number of rotatable bonds is 4. The first-order valence-corrected chi connectivity index (χ1v) is 5.07. The van der Waals surface area contributed by atoms with Crippen LogP contribution in [0.2, 0.25) is 0 Å². The van der Waals surface area contributed by atoms with E-state index in [1.54, 1.807) is 6.92 Å². The zero-order valence-corrected chi connectivity index (χ0v) is 9.23. The van der Waals surface area contributed by atoms with Crippen molar-refractivity contribution in [2.24, 2.45) is 0 Å². The molecule has 16 heavy (non-hydrogen) atoms. The molecule has 0 unspecified atom stereocenters.